The van der Waals surface area contributed by atoms with Gasteiger partial charge in [0.2, 0.25) is 0 Å². The van der Waals surface area contributed by atoms with Crippen LogP contribution in [0.15, 0.2) is 12.1 Å². The molecule has 0 bridgehead atoms. The molecule has 98 valence electrons. The standard InChI is InChI=1S/C14H17ClFNO/c1-9-6-12(15)11(8-13(9)16)14(18)7-10-4-2-3-5-17-10/h6,8,10,17H,2-5,7H2,1H3. The van der Waals surface area contributed by atoms with Gasteiger partial charge < -0.3 is 5.32 Å². The van der Waals surface area contributed by atoms with E-state index in [1.807, 2.05) is 0 Å². The van der Waals surface area contributed by atoms with E-state index in [-0.39, 0.29) is 17.6 Å². The Balaban J connectivity index is 2.10. The molecular weight excluding hydrogens is 253 g/mol. The minimum atomic E-state index is -0.376. The number of carbonyl (C=O) groups excluding carboxylic acids is 1. The molecule has 1 aliphatic heterocycles. The first-order chi connectivity index (χ1) is 8.58. The van der Waals surface area contributed by atoms with Gasteiger partial charge in [0.05, 0.1) is 5.02 Å². The van der Waals surface area contributed by atoms with Crippen LogP contribution >= 0.6 is 11.6 Å². The number of ketones is 1. The Morgan fingerprint density at radius 2 is 2.28 bits per heavy atom. The van der Waals surface area contributed by atoms with E-state index in [2.05, 4.69) is 5.32 Å². The molecule has 0 saturated carbocycles. The molecule has 18 heavy (non-hydrogen) atoms. The normalized spacial score (nSPS) is 19.8. The van der Waals surface area contributed by atoms with Crippen LogP contribution in [-0.4, -0.2) is 18.4 Å². The first kappa shape index (κ1) is 13.5. The molecule has 1 atom stereocenters. The summed E-state index contributed by atoms with van der Waals surface area (Å²) in [6.07, 6.45) is 3.69. The van der Waals surface area contributed by atoms with Crippen molar-refractivity contribution in [2.45, 2.75) is 38.6 Å². The number of halogens is 2. The van der Waals surface area contributed by atoms with Gasteiger partial charge in [-0.25, -0.2) is 4.39 Å². The summed E-state index contributed by atoms with van der Waals surface area (Å²) >= 11 is 6.01. The summed E-state index contributed by atoms with van der Waals surface area (Å²) in [4.78, 5) is 12.1. The van der Waals surface area contributed by atoms with Crippen LogP contribution in [0, 0.1) is 12.7 Å². The van der Waals surface area contributed by atoms with Crippen molar-refractivity contribution in [3.63, 3.8) is 0 Å². The molecule has 1 fully saturated rings. The Morgan fingerprint density at radius 1 is 1.50 bits per heavy atom. The highest BCUT2D eigenvalue weighted by Crippen LogP contribution is 2.23. The van der Waals surface area contributed by atoms with E-state index in [0.29, 0.717) is 22.6 Å². The topological polar surface area (TPSA) is 29.1 Å². The second-order valence-electron chi connectivity index (χ2n) is 4.86. The maximum Gasteiger partial charge on any atom is 0.166 e. The highest BCUT2D eigenvalue weighted by Gasteiger charge is 2.20. The van der Waals surface area contributed by atoms with Gasteiger partial charge in [-0.3, -0.25) is 4.79 Å². The third kappa shape index (κ3) is 3.09. The van der Waals surface area contributed by atoms with Gasteiger partial charge >= 0.3 is 0 Å². The van der Waals surface area contributed by atoms with Crippen LogP contribution in [0.2, 0.25) is 5.02 Å². The van der Waals surface area contributed by atoms with Crippen LogP contribution in [0.25, 0.3) is 0 Å². The lowest BCUT2D eigenvalue weighted by molar-refractivity contribution is 0.0963. The molecule has 1 saturated heterocycles. The van der Waals surface area contributed by atoms with E-state index >= 15 is 0 Å². The van der Waals surface area contributed by atoms with E-state index in [1.165, 1.54) is 12.1 Å². The van der Waals surface area contributed by atoms with Crippen molar-refractivity contribution in [1.82, 2.24) is 5.32 Å². The molecule has 1 unspecified atom stereocenters. The zero-order valence-electron chi connectivity index (χ0n) is 10.4. The first-order valence-electron chi connectivity index (χ1n) is 6.30. The molecule has 1 aromatic carbocycles. The third-order valence-electron chi connectivity index (χ3n) is 3.39. The second kappa shape index (κ2) is 5.81. The number of piperidine rings is 1. The third-order valence-corrected chi connectivity index (χ3v) is 3.71. The number of benzene rings is 1. The Labute approximate surface area is 112 Å². The van der Waals surface area contributed by atoms with Crippen LogP contribution < -0.4 is 5.32 Å². The van der Waals surface area contributed by atoms with Crippen molar-refractivity contribution in [2.75, 3.05) is 6.54 Å². The molecule has 0 aliphatic carbocycles. The molecular formula is C14H17ClFNO. The number of rotatable bonds is 3. The highest BCUT2D eigenvalue weighted by atomic mass is 35.5. The molecule has 1 aliphatic rings. The van der Waals surface area contributed by atoms with Crippen LogP contribution in [0.5, 0.6) is 0 Å². The predicted octanol–water partition coefficient (Wildman–Crippen LogP) is 3.50. The maximum absolute atomic E-state index is 13.5. The summed E-state index contributed by atoms with van der Waals surface area (Å²) in [5.74, 6) is -0.461. The molecule has 0 spiro atoms. The van der Waals surface area contributed by atoms with Crippen LogP contribution in [0.1, 0.15) is 41.6 Å². The Kier molecular flexibility index (Phi) is 4.36. The molecule has 0 radical (unpaired) electrons. The molecule has 0 aromatic heterocycles. The van der Waals surface area contributed by atoms with Crippen LogP contribution in [-0.2, 0) is 0 Å². The fourth-order valence-corrected chi connectivity index (χ4v) is 2.62. The van der Waals surface area contributed by atoms with Crippen molar-refractivity contribution in [2.24, 2.45) is 0 Å². The average Bonchev–Trinajstić information content (AvgIpc) is 2.35. The van der Waals surface area contributed by atoms with Crippen LogP contribution in [0.3, 0.4) is 0 Å². The molecule has 4 heteroatoms. The van der Waals surface area contributed by atoms with Crippen molar-refractivity contribution in [3.05, 3.63) is 34.1 Å². The average molecular weight is 270 g/mol. The summed E-state index contributed by atoms with van der Waals surface area (Å²) < 4.78 is 13.5. The zero-order valence-corrected chi connectivity index (χ0v) is 11.2. The van der Waals surface area contributed by atoms with Gasteiger partial charge in [0.1, 0.15) is 5.82 Å². The molecule has 1 aromatic rings. The lowest BCUT2D eigenvalue weighted by Gasteiger charge is -2.22. The SMILES string of the molecule is Cc1cc(Cl)c(C(=O)CC2CCCCN2)cc1F. The molecule has 1 heterocycles. The Morgan fingerprint density at radius 3 is 2.94 bits per heavy atom. The number of Topliss-reactive ketones (excluding diaryl/α,β-unsaturated/α-hetero) is 1. The number of carbonyl (C=O) groups is 1. The minimum absolute atomic E-state index is 0.0849. The van der Waals surface area contributed by atoms with Gasteiger partial charge in [0.25, 0.3) is 0 Å². The summed E-state index contributed by atoms with van der Waals surface area (Å²) in [6, 6.07) is 2.97. The summed E-state index contributed by atoms with van der Waals surface area (Å²) in [7, 11) is 0. The lowest BCUT2D eigenvalue weighted by atomic mass is 9.96. The first-order valence-corrected chi connectivity index (χ1v) is 6.68. The van der Waals surface area contributed by atoms with Gasteiger partial charge in [0, 0.05) is 18.0 Å². The Bertz CT molecular complexity index is 455. The summed E-state index contributed by atoms with van der Waals surface area (Å²) in [6.45, 7) is 2.59. The molecule has 2 nitrogen and oxygen atoms in total. The van der Waals surface area contributed by atoms with E-state index in [0.717, 1.165) is 25.8 Å². The van der Waals surface area contributed by atoms with Gasteiger partial charge in [-0.05, 0) is 44.0 Å². The van der Waals surface area contributed by atoms with Crippen molar-refractivity contribution >= 4 is 17.4 Å². The summed E-state index contributed by atoms with van der Waals surface area (Å²) in [5, 5.41) is 3.65. The molecule has 1 N–H and O–H groups in total. The quantitative estimate of drug-likeness (QED) is 0.851. The minimum Gasteiger partial charge on any atom is -0.314 e. The number of aryl methyl sites for hydroxylation is 1. The number of hydrogen-bond acceptors (Lipinski definition) is 2. The largest absolute Gasteiger partial charge is 0.314 e. The second-order valence-corrected chi connectivity index (χ2v) is 5.26. The van der Waals surface area contributed by atoms with E-state index in [9.17, 15) is 9.18 Å². The molecule has 0 amide bonds. The monoisotopic (exact) mass is 269 g/mol. The van der Waals surface area contributed by atoms with E-state index < -0.39 is 0 Å². The van der Waals surface area contributed by atoms with E-state index in [1.54, 1.807) is 6.92 Å². The highest BCUT2D eigenvalue weighted by molar-refractivity contribution is 6.34. The van der Waals surface area contributed by atoms with Crippen LogP contribution in [0.4, 0.5) is 4.39 Å². The van der Waals surface area contributed by atoms with Crippen molar-refractivity contribution in [1.29, 1.82) is 0 Å². The van der Waals surface area contributed by atoms with E-state index in [4.69, 9.17) is 11.6 Å². The fraction of sp³-hybridized carbons (Fsp3) is 0.500. The fourth-order valence-electron chi connectivity index (χ4n) is 2.29. The van der Waals surface area contributed by atoms with Gasteiger partial charge in [-0.1, -0.05) is 18.0 Å². The van der Waals surface area contributed by atoms with Gasteiger partial charge in [-0.2, -0.15) is 0 Å². The summed E-state index contributed by atoms with van der Waals surface area (Å²) in [5.41, 5.74) is 0.763. The van der Waals surface area contributed by atoms with Crippen molar-refractivity contribution < 1.29 is 9.18 Å². The van der Waals surface area contributed by atoms with Gasteiger partial charge in [-0.15, -0.1) is 0 Å². The predicted molar refractivity (Wildman–Crippen MR) is 70.7 cm³/mol. The lowest BCUT2D eigenvalue weighted by Crippen LogP contribution is -2.35. The van der Waals surface area contributed by atoms with Crippen molar-refractivity contribution in [3.8, 4) is 0 Å². The van der Waals surface area contributed by atoms with Gasteiger partial charge in [0.15, 0.2) is 5.78 Å². The zero-order chi connectivity index (χ0) is 13.1. The molecule has 2 rings (SSSR count). The Hall–Kier alpha value is -0.930. The number of nitrogens with one attached hydrogen (secondary N) is 1. The maximum atomic E-state index is 13.5. The smallest absolute Gasteiger partial charge is 0.166 e. The number of hydrogen-bond donors (Lipinski definition) is 1.